The van der Waals surface area contributed by atoms with Crippen LogP contribution in [0.15, 0.2) is 53.4 Å². The smallest absolute Gasteiger partial charge is 0.387 e. The van der Waals surface area contributed by atoms with E-state index in [1.807, 2.05) is 6.07 Å². The zero-order valence-corrected chi connectivity index (χ0v) is 14.1. The van der Waals surface area contributed by atoms with Crippen molar-refractivity contribution in [3.63, 3.8) is 0 Å². The minimum atomic E-state index is -3.94. The second-order valence-electron chi connectivity index (χ2n) is 5.14. The van der Waals surface area contributed by atoms with Gasteiger partial charge in [-0.15, -0.1) is 0 Å². The molecule has 25 heavy (non-hydrogen) atoms. The summed E-state index contributed by atoms with van der Waals surface area (Å²) in [4.78, 5) is -0.0720. The molecule has 0 fully saturated rings. The van der Waals surface area contributed by atoms with Crippen LogP contribution >= 0.6 is 0 Å². The van der Waals surface area contributed by atoms with Gasteiger partial charge in [0.1, 0.15) is 5.75 Å². The maximum absolute atomic E-state index is 12.6. The van der Waals surface area contributed by atoms with Crippen LogP contribution in [0.2, 0.25) is 0 Å². The van der Waals surface area contributed by atoms with Crippen LogP contribution in [0.5, 0.6) is 5.75 Å². The van der Waals surface area contributed by atoms with Crippen LogP contribution in [0, 0.1) is 11.3 Å². The van der Waals surface area contributed by atoms with E-state index < -0.39 is 22.7 Å². The zero-order chi connectivity index (χ0) is 18.4. The van der Waals surface area contributed by atoms with Crippen molar-refractivity contribution in [3.8, 4) is 11.8 Å². The molecule has 1 atom stereocenters. The molecule has 0 radical (unpaired) electrons. The van der Waals surface area contributed by atoms with Crippen molar-refractivity contribution in [3.05, 3.63) is 59.7 Å². The van der Waals surface area contributed by atoms with Crippen LogP contribution in [-0.2, 0) is 10.0 Å². The number of alkyl halides is 2. The Morgan fingerprint density at radius 2 is 1.92 bits per heavy atom. The summed E-state index contributed by atoms with van der Waals surface area (Å²) < 4.78 is 57.2. The van der Waals surface area contributed by atoms with Crippen molar-refractivity contribution < 1.29 is 21.9 Å². The molecular formula is C17H16F2N2O3S. The molecule has 0 saturated heterocycles. The maximum Gasteiger partial charge on any atom is 0.387 e. The van der Waals surface area contributed by atoms with E-state index in [4.69, 9.17) is 5.26 Å². The van der Waals surface area contributed by atoms with E-state index in [2.05, 4.69) is 9.46 Å². The van der Waals surface area contributed by atoms with Crippen molar-refractivity contribution >= 4 is 10.0 Å². The molecule has 5 nitrogen and oxygen atoms in total. The standard InChI is InChI=1S/C17H16F2N2O3S/c1-2-15(14-8-3-4-9-16(14)24-17(18)19)21-25(22,23)13-7-5-6-12(10-13)11-20/h3-10,15,17,21H,2H2,1H3/t15-/m1/s1. The van der Waals surface area contributed by atoms with Gasteiger partial charge in [0, 0.05) is 5.56 Å². The Bertz CT molecular complexity index is 879. The Labute approximate surface area is 144 Å². The van der Waals surface area contributed by atoms with Gasteiger partial charge < -0.3 is 4.74 Å². The first-order chi connectivity index (χ1) is 11.9. The van der Waals surface area contributed by atoms with Gasteiger partial charge in [-0.3, -0.25) is 0 Å². The fourth-order valence-electron chi connectivity index (χ4n) is 2.33. The lowest BCUT2D eigenvalue weighted by molar-refractivity contribution is -0.0506. The number of nitrogens with one attached hydrogen (secondary N) is 1. The molecule has 0 heterocycles. The summed E-state index contributed by atoms with van der Waals surface area (Å²) in [6.07, 6.45) is 0.320. The van der Waals surface area contributed by atoms with Gasteiger partial charge in [-0.25, -0.2) is 13.1 Å². The number of hydrogen-bond donors (Lipinski definition) is 1. The van der Waals surface area contributed by atoms with Crippen LogP contribution in [0.3, 0.4) is 0 Å². The SMILES string of the molecule is CC[C@@H](NS(=O)(=O)c1cccc(C#N)c1)c1ccccc1OC(F)F. The van der Waals surface area contributed by atoms with Crippen molar-refractivity contribution in [1.29, 1.82) is 5.26 Å². The molecule has 8 heteroatoms. The lowest BCUT2D eigenvalue weighted by atomic mass is 10.0. The monoisotopic (exact) mass is 366 g/mol. The fourth-order valence-corrected chi connectivity index (χ4v) is 3.67. The molecule has 2 rings (SSSR count). The highest BCUT2D eigenvalue weighted by atomic mass is 32.2. The normalized spacial score (nSPS) is 12.6. The number of halogens is 2. The minimum absolute atomic E-state index is 0.0720. The Morgan fingerprint density at radius 1 is 1.20 bits per heavy atom. The number of benzene rings is 2. The Balaban J connectivity index is 2.35. The molecule has 0 bridgehead atoms. The maximum atomic E-state index is 12.6. The number of ether oxygens (including phenoxy) is 1. The topological polar surface area (TPSA) is 79.2 Å². The highest BCUT2D eigenvalue weighted by molar-refractivity contribution is 7.89. The van der Waals surface area contributed by atoms with E-state index in [0.29, 0.717) is 12.0 Å². The molecule has 1 N–H and O–H groups in total. The fraction of sp³-hybridized carbons (Fsp3) is 0.235. The molecule has 0 spiro atoms. The van der Waals surface area contributed by atoms with Gasteiger partial charge in [0.15, 0.2) is 0 Å². The Hall–Kier alpha value is -2.50. The summed E-state index contributed by atoms with van der Waals surface area (Å²) in [5.74, 6) is -0.0853. The molecular weight excluding hydrogens is 350 g/mol. The van der Waals surface area contributed by atoms with Gasteiger partial charge in [0.2, 0.25) is 10.0 Å². The van der Waals surface area contributed by atoms with E-state index in [9.17, 15) is 17.2 Å². The highest BCUT2D eigenvalue weighted by Gasteiger charge is 2.23. The average Bonchev–Trinajstić information content (AvgIpc) is 2.60. The van der Waals surface area contributed by atoms with Crippen LogP contribution in [0.25, 0.3) is 0 Å². The summed E-state index contributed by atoms with van der Waals surface area (Å²) in [6, 6.07) is 12.7. The summed E-state index contributed by atoms with van der Waals surface area (Å²) in [6.45, 7) is -1.29. The summed E-state index contributed by atoms with van der Waals surface area (Å²) in [5, 5.41) is 8.90. The zero-order valence-electron chi connectivity index (χ0n) is 13.3. The molecule has 2 aromatic rings. The molecule has 0 aliphatic heterocycles. The summed E-state index contributed by atoms with van der Waals surface area (Å²) in [5.41, 5.74) is 0.516. The largest absolute Gasteiger partial charge is 0.434 e. The molecule has 0 aromatic heterocycles. The predicted octanol–water partition coefficient (Wildman–Crippen LogP) is 3.59. The quantitative estimate of drug-likeness (QED) is 0.812. The minimum Gasteiger partial charge on any atom is -0.434 e. The van der Waals surface area contributed by atoms with E-state index >= 15 is 0 Å². The van der Waals surface area contributed by atoms with Crippen molar-refractivity contribution in [2.75, 3.05) is 0 Å². The van der Waals surface area contributed by atoms with Gasteiger partial charge in [-0.1, -0.05) is 31.2 Å². The van der Waals surface area contributed by atoms with Crippen molar-refractivity contribution in [2.24, 2.45) is 0 Å². The van der Waals surface area contributed by atoms with Gasteiger partial charge in [-0.2, -0.15) is 14.0 Å². The Morgan fingerprint density at radius 3 is 2.56 bits per heavy atom. The molecule has 0 amide bonds. The summed E-state index contributed by atoms with van der Waals surface area (Å²) in [7, 11) is -3.94. The predicted molar refractivity (Wildman–Crippen MR) is 87.6 cm³/mol. The Kier molecular flexibility index (Phi) is 6.07. The van der Waals surface area contributed by atoms with Crippen molar-refractivity contribution in [2.45, 2.75) is 30.9 Å². The highest BCUT2D eigenvalue weighted by Crippen LogP contribution is 2.29. The number of rotatable bonds is 7. The van der Waals surface area contributed by atoms with Crippen LogP contribution in [0.1, 0.15) is 30.5 Å². The molecule has 132 valence electrons. The van der Waals surface area contributed by atoms with Crippen LogP contribution in [-0.4, -0.2) is 15.0 Å². The second-order valence-corrected chi connectivity index (χ2v) is 6.85. The average molecular weight is 366 g/mol. The van der Waals surface area contributed by atoms with Crippen molar-refractivity contribution in [1.82, 2.24) is 4.72 Å². The van der Waals surface area contributed by atoms with Gasteiger partial charge in [0.25, 0.3) is 0 Å². The summed E-state index contributed by atoms with van der Waals surface area (Å²) >= 11 is 0. The van der Waals surface area contributed by atoms with E-state index in [1.54, 1.807) is 13.0 Å². The third-order valence-corrected chi connectivity index (χ3v) is 4.96. The third-order valence-electron chi connectivity index (χ3n) is 3.49. The number of sulfonamides is 1. The molecule has 0 aliphatic rings. The molecule has 0 saturated carbocycles. The van der Waals surface area contributed by atoms with E-state index in [-0.39, 0.29) is 16.2 Å². The molecule has 0 aliphatic carbocycles. The van der Waals surface area contributed by atoms with Gasteiger partial charge in [-0.05, 0) is 30.7 Å². The lowest BCUT2D eigenvalue weighted by Gasteiger charge is -2.20. The first kappa shape index (κ1) is 18.8. The first-order valence-corrected chi connectivity index (χ1v) is 8.92. The number of hydrogen-bond acceptors (Lipinski definition) is 4. The first-order valence-electron chi connectivity index (χ1n) is 7.43. The lowest BCUT2D eigenvalue weighted by Crippen LogP contribution is -2.29. The number of nitrogens with zero attached hydrogens (tertiary/aromatic N) is 1. The van der Waals surface area contributed by atoms with Crippen LogP contribution in [0.4, 0.5) is 8.78 Å². The van der Waals surface area contributed by atoms with Gasteiger partial charge >= 0.3 is 6.61 Å². The van der Waals surface area contributed by atoms with E-state index in [1.165, 1.54) is 42.5 Å². The van der Waals surface area contributed by atoms with E-state index in [0.717, 1.165) is 0 Å². The van der Waals surface area contributed by atoms with Gasteiger partial charge in [0.05, 0.1) is 22.6 Å². The third kappa shape index (κ3) is 4.75. The molecule has 0 unspecified atom stereocenters. The second kappa shape index (κ2) is 8.05. The van der Waals surface area contributed by atoms with Crippen LogP contribution < -0.4 is 9.46 Å². The molecule has 2 aromatic carbocycles. The number of para-hydroxylation sites is 1. The number of nitriles is 1.